The molecule has 0 bridgehead atoms. The van der Waals surface area contributed by atoms with Gasteiger partial charge in [-0.3, -0.25) is 10.1 Å². The molecule has 0 saturated heterocycles. The molecule has 0 spiro atoms. The second-order valence-corrected chi connectivity index (χ2v) is 2.47. The van der Waals surface area contributed by atoms with Gasteiger partial charge in [0.25, 0.3) is 5.69 Å². The minimum atomic E-state index is -0.583. The quantitative estimate of drug-likeness (QED) is 0.381. The van der Waals surface area contributed by atoms with Crippen molar-refractivity contribution in [2.24, 2.45) is 0 Å². The molecule has 1 rings (SSSR count). The molecule has 1 aromatic carbocycles. The van der Waals surface area contributed by atoms with Gasteiger partial charge in [0.1, 0.15) is 0 Å². The van der Waals surface area contributed by atoms with Gasteiger partial charge in [-0.05, 0) is 6.07 Å². The molecule has 0 amide bonds. The van der Waals surface area contributed by atoms with E-state index < -0.39 is 4.92 Å². The molecule has 0 heterocycles. The largest absolute Gasteiger partial charge is 0.260 e. The summed E-state index contributed by atoms with van der Waals surface area (Å²) in [6, 6.07) is 3.76. The monoisotopic (exact) mass is 182 g/mol. The van der Waals surface area contributed by atoms with Crippen molar-refractivity contribution in [2.45, 2.75) is 0 Å². The zero-order valence-corrected chi connectivity index (χ0v) is 6.58. The second kappa shape index (κ2) is 3.20. The molecule has 12 heavy (non-hydrogen) atoms. The van der Waals surface area contributed by atoms with Gasteiger partial charge in [-0.2, -0.15) is 0 Å². The molecule has 0 unspecified atom stereocenters. The highest BCUT2D eigenvalue weighted by molar-refractivity contribution is 6.31. The zero-order valence-electron chi connectivity index (χ0n) is 5.82. The van der Waals surface area contributed by atoms with Gasteiger partial charge in [0.05, 0.1) is 11.5 Å². The summed E-state index contributed by atoms with van der Waals surface area (Å²) in [6.45, 7) is 6.62. The van der Waals surface area contributed by atoms with Gasteiger partial charge in [-0.1, -0.05) is 11.6 Å². The lowest BCUT2D eigenvalue weighted by Gasteiger charge is -1.93. The third kappa shape index (κ3) is 1.71. The van der Waals surface area contributed by atoms with E-state index in [0.29, 0.717) is 0 Å². The maximum atomic E-state index is 10.3. The van der Waals surface area contributed by atoms with Crippen LogP contribution in [-0.4, -0.2) is 4.92 Å². The van der Waals surface area contributed by atoms with Crippen molar-refractivity contribution in [2.75, 3.05) is 0 Å². The average molecular weight is 183 g/mol. The van der Waals surface area contributed by atoms with Gasteiger partial charge >= 0.3 is 0 Å². The van der Waals surface area contributed by atoms with E-state index in [1.165, 1.54) is 18.2 Å². The Balaban J connectivity index is 3.26. The van der Waals surface area contributed by atoms with Crippen LogP contribution in [-0.2, 0) is 0 Å². The number of benzene rings is 1. The maximum Gasteiger partial charge on any atom is 0.260 e. The summed E-state index contributed by atoms with van der Waals surface area (Å²) in [7, 11) is 0. The molecule has 0 atom stereocenters. The summed E-state index contributed by atoms with van der Waals surface area (Å²) >= 11 is 5.53. The third-order valence-electron chi connectivity index (χ3n) is 1.21. The number of non-ortho nitro benzene ring substituents is 1. The summed E-state index contributed by atoms with van der Waals surface area (Å²) in [6.07, 6.45) is 0. The van der Waals surface area contributed by atoms with Crippen molar-refractivity contribution in [3.8, 4) is 0 Å². The van der Waals surface area contributed by atoms with Crippen LogP contribution in [0.25, 0.3) is 4.85 Å². The first-order valence-electron chi connectivity index (χ1n) is 2.96. The van der Waals surface area contributed by atoms with Gasteiger partial charge in [-0.25, -0.2) is 4.85 Å². The Labute approximate surface area is 73.4 Å². The van der Waals surface area contributed by atoms with Crippen LogP contribution in [0.3, 0.4) is 0 Å². The summed E-state index contributed by atoms with van der Waals surface area (Å²) in [5.41, 5.74) is 0.0164. The molecule has 1 aromatic rings. The van der Waals surface area contributed by atoms with Crippen LogP contribution in [0.2, 0.25) is 5.02 Å². The molecule has 0 aliphatic heterocycles. The minimum absolute atomic E-state index is 0.159. The van der Waals surface area contributed by atoms with Gasteiger partial charge in [0.2, 0.25) is 0 Å². The molecule has 0 aliphatic rings. The van der Waals surface area contributed by atoms with Crippen LogP contribution < -0.4 is 0 Å². The SMILES string of the molecule is [C-]#[N+]c1cc(Cl)cc([N+](=O)[O-])c1. The fourth-order valence-corrected chi connectivity index (χ4v) is 0.953. The normalized spacial score (nSPS) is 9.00. The smallest absolute Gasteiger partial charge is 0.258 e. The highest BCUT2D eigenvalue weighted by Crippen LogP contribution is 2.25. The van der Waals surface area contributed by atoms with E-state index in [2.05, 4.69) is 4.85 Å². The predicted octanol–water partition coefficient (Wildman–Crippen LogP) is 2.80. The minimum Gasteiger partial charge on any atom is -0.258 e. The Bertz CT molecular complexity index is 370. The fourth-order valence-electron chi connectivity index (χ4n) is 0.729. The Kier molecular flexibility index (Phi) is 2.26. The summed E-state index contributed by atoms with van der Waals surface area (Å²) in [4.78, 5) is 12.7. The lowest BCUT2D eigenvalue weighted by atomic mass is 10.3. The molecule has 0 aromatic heterocycles. The second-order valence-electron chi connectivity index (χ2n) is 2.04. The van der Waals surface area contributed by atoms with Crippen LogP contribution in [0.4, 0.5) is 11.4 Å². The third-order valence-corrected chi connectivity index (χ3v) is 1.43. The molecular weight excluding hydrogens is 180 g/mol. The van der Waals surface area contributed by atoms with E-state index in [4.69, 9.17) is 18.2 Å². The van der Waals surface area contributed by atoms with Crippen LogP contribution in [0.1, 0.15) is 0 Å². The summed E-state index contributed by atoms with van der Waals surface area (Å²) in [5.74, 6) is 0. The van der Waals surface area contributed by atoms with Crippen molar-refractivity contribution in [1.82, 2.24) is 0 Å². The summed E-state index contributed by atoms with van der Waals surface area (Å²) in [5, 5.41) is 10.5. The molecule has 0 saturated carbocycles. The number of nitro benzene ring substituents is 1. The Hall–Kier alpha value is -1.60. The first kappa shape index (κ1) is 8.50. The van der Waals surface area contributed by atoms with E-state index in [0.717, 1.165) is 0 Å². The number of nitro groups is 1. The molecule has 0 fully saturated rings. The van der Waals surface area contributed by atoms with Crippen molar-refractivity contribution >= 4 is 23.0 Å². The topological polar surface area (TPSA) is 47.5 Å². The lowest BCUT2D eigenvalue weighted by Crippen LogP contribution is -1.86. The van der Waals surface area contributed by atoms with Crippen molar-refractivity contribution in [1.29, 1.82) is 0 Å². The van der Waals surface area contributed by atoms with Crippen molar-refractivity contribution in [3.63, 3.8) is 0 Å². The number of hydrogen-bond donors (Lipinski definition) is 0. The van der Waals surface area contributed by atoms with Crippen molar-refractivity contribution < 1.29 is 4.92 Å². The summed E-state index contributed by atoms with van der Waals surface area (Å²) < 4.78 is 0. The fraction of sp³-hybridized carbons (Fsp3) is 0. The molecular formula is C7H3ClN2O2. The zero-order chi connectivity index (χ0) is 9.14. The van der Waals surface area contributed by atoms with Crippen LogP contribution >= 0.6 is 11.6 Å². The number of halogens is 1. The van der Waals surface area contributed by atoms with Crippen LogP contribution in [0.5, 0.6) is 0 Å². The van der Waals surface area contributed by atoms with E-state index in [1.807, 2.05) is 0 Å². The highest BCUT2D eigenvalue weighted by atomic mass is 35.5. The molecule has 5 heteroatoms. The Morgan fingerprint density at radius 1 is 1.50 bits per heavy atom. The Morgan fingerprint density at radius 3 is 2.67 bits per heavy atom. The maximum absolute atomic E-state index is 10.3. The van der Waals surface area contributed by atoms with Gasteiger partial charge in [-0.15, -0.1) is 0 Å². The molecule has 4 nitrogen and oxygen atoms in total. The average Bonchev–Trinajstić information content (AvgIpc) is 2.03. The van der Waals surface area contributed by atoms with E-state index in [1.54, 1.807) is 0 Å². The number of rotatable bonds is 1. The van der Waals surface area contributed by atoms with E-state index in [-0.39, 0.29) is 16.4 Å². The standard InChI is InChI=1S/C7H3ClN2O2/c1-9-6-2-5(8)3-7(4-6)10(11)12/h2-4H. The molecule has 60 valence electrons. The number of hydrogen-bond acceptors (Lipinski definition) is 2. The predicted molar refractivity (Wildman–Crippen MR) is 44.4 cm³/mol. The van der Waals surface area contributed by atoms with Crippen molar-refractivity contribution in [3.05, 3.63) is 44.8 Å². The molecule has 0 aliphatic carbocycles. The first-order valence-corrected chi connectivity index (χ1v) is 3.33. The Morgan fingerprint density at radius 2 is 2.17 bits per heavy atom. The molecule has 0 N–H and O–H groups in total. The lowest BCUT2D eigenvalue weighted by molar-refractivity contribution is -0.384. The van der Waals surface area contributed by atoms with Crippen LogP contribution in [0.15, 0.2) is 18.2 Å². The van der Waals surface area contributed by atoms with Gasteiger partial charge in [0.15, 0.2) is 5.69 Å². The van der Waals surface area contributed by atoms with Gasteiger partial charge < -0.3 is 0 Å². The molecule has 0 radical (unpaired) electrons. The highest BCUT2D eigenvalue weighted by Gasteiger charge is 2.07. The first-order chi connectivity index (χ1) is 5.63. The van der Waals surface area contributed by atoms with Crippen LogP contribution in [0, 0.1) is 16.7 Å². The van der Waals surface area contributed by atoms with E-state index >= 15 is 0 Å². The number of nitrogens with zero attached hydrogens (tertiary/aromatic N) is 2. The van der Waals surface area contributed by atoms with Gasteiger partial charge in [0, 0.05) is 17.2 Å². The van der Waals surface area contributed by atoms with E-state index in [9.17, 15) is 10.1 Å².